The van der Waals surface area contributed by atoms with Crippen LogP contribution in [0, 0.1) is 5.92 Å². The van der Waals surface area contributed by atoms with Crippen LogP contribution >= 0.6 is 0 Å². The number of rotatable bonds is 13. The van der Waals surface area contributed by atoms with Crippen LogP contribution in [0.5, 0.6) is 11.5 Å². The first kappa shape index (κ1) is 53.4. The molecule has 4 aliphatic rings. The molecule has 406 valence electrons. The van der Waals surface area contributed by atoms with E-state index in [0.29, 0.717) is 35.7 Å². The van der Waals surface area contributed by atoms with E-state index in [2.05, 4.69) is 31.6 Å². The summed E-state index contributed by atoms with van der Waals surface area (Å²) in [6.45, 7) is 1.90. The van der Waals surface area contributed by atoms with Crippen molar-refractivity contribution < 1.29 is 43.0 Å². The van der Waals surface area contributed by atoms with Gasteiger partial charge in [0, 0.05) is 49.5 Å². The second-order valence-electron chi connectivity index (χ2n) is 20.8. The number of aromatic nitrogens is 1. The first-order chi connectivity index (χ1) is 38.1. The first-order valence-electron chi connectivity index (χ1n) is 27.2. The Morgan fingerprint density at radius 1 is 0.603 bits per heavy atom. The van der Waals surface area contributed by atoms with Crippen LogP contribution in [-0.4, -0.2) is 126 Å². The largest absolute Gasteiger partial charge is 0.496 e. The number of fused-ring (bicyclic) bond motifs is 4. The minimum atomic E-state index is -1.27. The third-order valence-electron chi connectivity index (χ3n) is 15.6. The predicted octanol–water partition coefficient (Wildman–Crippen LogP) is 4.70. The molecule has 1 aromatic heterocycles. The zero-order valence-corrected chi connectivity index (χ0v) is 43.9. The summed E-state index contributed by atoms with van der Waals surface area (Å²) in [6, 6.07) is 32.8. The van der Waals surface area contributed by atoms with E-state index < -0.39 is 71.7 Å². The number of carbonyl (C=O) groups excluding carboxylic acids is 6. The number of hydrogen-bond acceptors (Lipinski definition) is 10. The van der Waals surface area contributed by atoms with Gasteiger partial charge in [-0.1, -0.05) is 103 Å². The Kier molecular flexibility index (Phi) is 17.1. The van der Waals surface area contributed by atoms with Gasteiger partial charge in [0.15, 0.2) is 0 Å². The fraction of sp³-hybridized carbons (Fsp3) is 0.377. The molecule has 0 aliphatic carbocycles. The second-order valence-corrected chi connectivity index (χ2v) is 20.8. The second kappa shape index (κ2) is 25.0. The Morgan fingerprint density at radius 2 is 1.27 bits per heavy atom. The number of H-pyrrole nitrogens is 1. The Hall–Kier alpha value is -8.02. The van der Waals surface area contributed by atoms with E-state index in [1.807, 2.05) is 127 Å². The maximum Gasteiger partial charge on any atom is 0.246 e. The smallest absolute Gasteiger partial charge is 0.246 e. The minimum absolute atomic E-state index is 0.0261. The van der Waals surface area contributed by atoms with Crippen molar-refractivity contribution in [1.29, 1.82) is 0 Å². The number of carbonyl (C=O) groups is 6. The number of morpholine rings is 1. The topological polar surface area (TPSA) is 213 Å². The number of nitrogens with zero attached hydrogens (tertiary/aromatic N) is 2. The highest BCUT2D eigenvalue weighted by molar-refractivity contribution is 5.99. The van der Waals surface area contributed by atoms with Crippen LogP contribution in [-0.2, 0) is 72.3 Å². The van der Waals surface area contributed by atoms with Crippen LogP contribution in [0.3, 0.4) is 0 Å². The van der Waals surface area contributed by atoms with Crippen molar-refractivity contribution >= 4 is 46.3 Å². The van der Waals surface area contributed by atoms with Crippen LogP contribution in [0.25, 0.3) is 10.9 Å². The number of aryl methyl sites for hydroxylation is 1. The molecule has 0 unspecified atom stereocenters. The van der Waals surface area contributed by atoms with Gasteiger partial charge >= 0.3 is 0 Å². The summed E-state index contributed by atoms with van der Waals surface area (Å²) in [7, 11) is 1.56. The molecular formula is C61H68N8O9. The summed E-state index contributed by atoms with van der Waals surface area (Å²) in [5.41, 5.74) is 5.80. The summed E-state index contributed by atoms with van der Waals surface area (Å²) >= 11 is 0. The maximum absolute atomic E-state index is 15.7. The van der Waals surface area contributed by atoms with Crippen molar-refractivity contribution in [3.8, 4) is 11.5 Å². The van der Waals surface area contributed by atoms with Crippen LogP contribution in [0.2, 0.25) is 0 Å². The van der Waals surface area contributed by atoms with E-state index in [9.17, 15) is 4.79 Å². The summed E-state index contributed by atoms with van der Waals surface area (Å²) in [6.07, 6.45) is 4.21. The number of piperidine rings is 1. The first-order valence-corrected chi connectivity index (χ1v) is 27.2. The Morgan fingerprint density at radius 3 is 2.03 bits per heavy atom. The average Bonchev–Trinajstić information content (AvgIpc) is 4.01. The molecule has 10 rings (SSSR count). The van der Waals surface area contributed by atoms with Crippen LogP contribution in [0.1, 0.15) is 59.1 Å². The standard InChI is InChI=1S/C61H68N8O9/c1-76-54-18-10-17-47-55(54)45(35-63-47)33-50-58(72)65-49(31-41-25-27-62-28-26-41)57(71)67-51(32-40-19-22-46(23-20-40)78-37-42-13-6-3-7-14-42)60(74)69-36-44-16-9-8-15-43(44)34-52(69)61(75)68-29-30-77-38-53(68)59(73)64-48(56(70)66-50)24-21-39-11-4-2-5-12-39/h2-20,22-23,35,41,48-53,62-63H,21,24-34,36-38H2,1H3,(H,64,73)(H,65,72)(H,66,70)(H,67,71)/t48-,49+,50-,51+,52+,53+/m1/s1. The fourth-order valence-corrected chi connectivity index (χ4v) is 11.3. The zero-order valence-electron chi connectivity index (χ0n) is 43.9. The average molecular weight is 1060 g/mol. The number of nitrogens with one attached hydrogen (secondary N) is 6. The Bertz CT molecular complexity index is 3070. The lowest BCUT2D eigenvalue weighted by atomic mass is 9.89. The number of aromatic amines is 1. The molecule has 4 aliphatic heterocycles. The van der Waals surface area contributed by atoms with Gasteiger partial charge in [-0.25, -0.2) is 0 Å². The summed E-state index contributed by atoms with van der Waals surface area (Å²) in [4.78, 5) is 97.8. The Labute approximate surface area is 454 Å². The van der Waals surface area contributed by atoms with E-state index in [4.69, 9.17) is 14.2 Å². The summed E-state index contributed by atoms with van der Waals surface area (Å²) in [5, 5.41) is 16.3. The van der Waals surface area contributed by atoms with E-state index in [0.717, 1.165) is 59.1 Å². The van der Waals surface area contributed by atoms with Gasteiger partial charge < -0.3 is 55.6 Å². The molecular weight excluding hydrogens is 989 g/mol. The van der Waals surface area contributed by atoms with Crippen LogP contribution in [0.4, 0.5) is 0 Å². The number of ether oxygens (including phenoxy) is 3. The molecule has 17 heteroatoms. The van der Waals surface area contributed by atoms with Crippen molar-refractivity contribution in [2.75, 3.05) is 40.0 Å². The lowest BCUT2D eigenvalue weighted by Crippen LogP contribution is -2.65. The van der Waals surface area contributed by atoms with Crippen LogP contribution < -0.4 is 36.1 Å². The molecule has 6 N–H and O–H groups in total. The fourth-order valence-electron chi connectivity index (χ4n) is 11.3. The third kappa shape index (κ3) is 12.7. The number of methoxy groups -OCH3 is 1. The monoisotopic (exact) mass is 1060 g/mol. The third-order valence-corrected chi connectivity index (χ3v) is 15.6. The van der Waals surface area contributed by atoms with E-state index in [1.165, 1.54) is 9.80 Å². The molecule has 0 spiro atoms. The highest BCUT2D eigenvalue weighted by Gasteiger charge is 2.45. The molecule has 6 atom stereocenters. The van der Waals surface area contributed by atoms with Crippen molar-refractivity contribution in [3.05, 3.63) is 167 Å². The molecule has 6 aromatic rings. The minimum Gasteiger partial charge on any atom is -0.496 e. The zero-order chi connectivity index (χ0) is 54.0. The van der Waals surface area contributed by atoms with Gasteiger partial charge in [0.05, 0.1) is 20.3 Å². The Balaban J connectivity index is 1.04. The SMILES string of the molecule is COc1cccc2[nH]cc(C[C@H]3NC(=O)[C@@H](CCc4ccccc4)NC(=O)[C@@H]4COCCN4C(=O)[C@@H]4Cc5ccccc5CN4C(=O)[C@H](Cc4ccc(OCc5ccccc5)cc4)NC(=O)[C@H](CC4CCNCC4)NC3=O)c12. The van der Waals surface area contributed by atoms with Crippen LogP contribution in [0.15, 0.2) is 134 Å². The molecule has 17 nitrogen and oxygen atoms in total. The maximum atomic E-state index is 15.7. The van der Waals surface area contributed by atoms with E-state index >= 15 is 24.0 Å². The molecule has 0 radical (unpaired) electrons. The van der Waals surface area contributed by atoms with Gasteiger partial charge in [0.1, 0.15) is 54.4 Å². The van der Waals surface area contributed by atoms with Gasteiger partial charge in [-0.05, 0) is 109 Å². The van der Waals surface area contributed by atoms with E-state index in [1.54, 1.807) is 13.3 Å². The van der Waals surface area contributed by atoms with Gasteiger partial charge in [-0.3, -0.25) is 28.8 Å². The van der Waals surface area contributed by atoms with Gasteiger partial charge in [-0.2, -0.15) is 0 Å². The molecule has 5 heterocycles. The van der Waals surface area contributed by atoms with Gasteiger partial charge in [-0.15, -0.1) is 0 Å². The van der Waals surface area contributed by atoms with Gasteiger partial charge in [0.25, 0.3) is 0 Å². The lowest BCUT2D eigenvalue weighted by Gasteiger charge is -2.43. The van der Waals surface area contributed by atoms with Crippen molar-refractivity contribution in [3.63, 3.8) is 0 Å². The lowest BCUT2D eigenvalue weighted by molar-refractivity contribution is -0.157. The molecule has 3 saturated heterocycles. The molecule has 0 saturated carbocycles. The number of hydrogen-bond donors (Lipinski definition) is 6. The highest BCUT2D eigenvalue weighted by atomic mass is 16.5. The molecule has 6 amide bonds. The number of amides is 6. The highest BCUT2D eigenvalue weighted by Crippen LogP contribution is 2.31. The normalized spacial score (nSPS) is 22.9. The summed E-state index contributed by atoms with van der Waals surface area (Å²) < 4.78 is 17.8. The molecule has 3 fully saturated rings. The van der Waals surface area contributed by atoms with Crippen molar-refractivity contribution in [1.82, 2.24) is 41.4 Å². The van der Waals surface area contributed by atoms with Gasteiger partial charge in [0.2, 0.25) is 35.4 Å². The van der Waals surface area contributed by atoms with Crippen molar-refractivity contribution in [2.24, 2.45) is 5.92 Å². The summed E-state index contributed by atoms with van der Waals surface area (Å²) in [5.74, 6) is -2.20. The quantitative estimate of drug-likeness (QED) is 0.0939. The molecule has 0 bridgehead atoms. The molecule has 5 aromatic carbocycles. The number of benzene rings is 5. The predicted molar refractivity (Wildman–Crippen MR) is 293 cm³/mol. The van der Waals surface area contributed by atoms with E-state index in [-0.39, 0.29) is 64.3 Å². The molecule has 78 heavy (non-hydrogen) atoms. The van der Waals surface area contributed by atoms with Crippen molar-refractivity contribution in [2.45, 2.75) is 101 Å².